The van der Waals surface area contributed by atoms with Gasteiger partial charge in [-0.25, -0.2) is 4.79 Å². The maximum absolute atomic E-state index is 12.2. The summed E-state index contributed by atoms with van der Waals surface area (Å²) < 4.78 is 5.58. The molecule has 0 bridgehead atoms. The molecule has 5 heteroatoms. The number of amides is 1. The Labute approximate surface area is 140 Å². The third kappa shape index (κ3) is 3.35. The largest absolute Gasteiger partial charge is 0.480 e. The minimum absolute atomic E-state index is 0.115. The second kappa shape index (κ2) is 6.91. The van der Waals surface area contributed by atoms with Crippen LogP contribution in [0.5, 0.6) is 0 Å². The van der Waals surface area contributed by atoms with Crippen LogP contribution in [0.15, 0.2) is 35.5 Å². The van der Waals surface area contributed by atoms with Crippen molar-refractivity contribution in [2.75, 3.05) is 0 Å². The number of benzene rings is 1. The van der Waals surface area contributed by atoms with E-state index >= 15 is 0 Å². The van der Waals surface area contributed by atoms with Crippen LogP contribution in [0.2, 0.25) is 0 Å². The highest BCUT2D eigenvalue weighted by atomic mass is 16.4. The number of carboxylic acids is 1. The van der Waals surface area contributed by atoms with E-state index in [2.05, 4.69) is 24.0 Å². The van der Waals surface area contributed by atoms with E-state index in [1.807, 2.05) is 0 Å². The first-order valence-electron chi connectivity index (χ1n) is 8.23. The van der Waals surface area contributed by atoms with Crippen molar-refractivity contribution in [3.05, 3.63) is 47.7 Å². The van der Waals surface area contributed by atoms with E-state index in [-0.39, 0.29) is 12.3 Å². The molecule has 2 aromatic rings. The SMILES string of the molecule is C=CCCC(NC(=O)Cc1coc2cc3c(cc12)CCC3)C(=O)O. The molecule has 1 aliphatic carbocycles. The highest BCUT2D eigenvalue weighted by Gasteiger charge is 2.21. The number of hydrogen-bond acceptors (Lipinski definition) is 3. The summed E-state index contributed by atoms with van der Waals surface area (Å²) in [6, 6.07) is 3.28. The summed E-state index contributed by atoms with van der Waals surface area (Å²) in [4.78, 5) is 23.4. The second-order valence-corrected chi connectivity index (χ2v) is 6.23. The Morgan fingerprint density at radius 3 is 2.79 bits per heavy atom. The summed E-state index contributed by atoms with van der Waals surface area (Å²) >= 11 is 0. The second-order valence-electron chi connectivity index (χ2n) is 6.23. The monoisotopic (exact) mass is 327 g/mol. The van der Waals surface area contributed by atoms with Gasteiger partial charge in [-0.2, -0.15) is 0 Å². The van der Waals surface area contributed by atoms with Crippen LogP contribution >= 0.6 is 0 Å². The van der Waals surface area contributed by atoms with Gasteiger partial charge in [0.1, 0.15) is 11.6 Å². The molecule has 1 aromatic heterocycles. The number of carbonyl (C=O) groups is 2. The smallest absolute Gasteiger partial charge is 0.326 e. The molecular formula is C19H21NO4. The number of rotatable bonds is 7. The number of aryl methyl sites for hydroxylation is 2. The van der Waals surface area contributed by atoms with Gasteiger partial charge in [-0.1, -0.05) is 6.08 Å². The van der Waals surface area contributed by atoms with Gasteiger partial charge in [0.25, 0.3) is 0 Å². The lowest BCUT2D eigenvalue weighted by Crippen LogP contribution is -2.41. The van der Waals surface area contributed by atoms with Gasteiger partial charge in [0, 0.05) is 10.9 Å². The van der Waals surface area contributed by atoms with Crippen LogP contribution in [-0.2, 0) is 28.9 Å². The van der Waals surface area contributed by atoms with E-state index in [4.69, 9.17) is 4.42 Å². The molecule has 0 spiro atoms. The van der Waals surface area contributed by atoms with Crippen molar-refractivity contribution in [3.63, 3.8) is 0 Å². The van der Waals surface area contributed by atoms with Gasteiger partial charge in [-0.05, 0) is 55.4 Å². The average Bonchev–Trinajstić information content (AvgIpc) is 3.15. The van der Waals surface area contributed by atoms with Crippen LogP contribution in [0.4, 0.5) is 0 Å². The normalized spacial score (nSPS) is 14.3. The topological polar surface area (TPSA) is 79.5 Å². The standard InChI is InChI=1S/C19H21NO4/c1-2-3-7-16(19(22)23)20-18(21)10-14-11-24-17-9-13-6-4-5-12(13)8-15(14)17/h2,8-9,11,16H,1,3-7,10H2,(H,20,21)(H,22,23). The van der Waals surface area contributed by atoms with Crippen LogP contribution in [0.25, 0.3) is 11.0 Å². The number of fused-ring (bicyclic) bond motifs is 2. The molecule has 0 fully saturated rings. The molecule has 2 N–H and O–H groups in total. The van der Waals surface area contributed by atoms with Crippen molar-refractivity contribution < 1.29 is 19.1 Å². The quantitative estimate of drug-likeness (QED) is 0.766. The number of nitrogens with one attached hydrogen (secondary N) is 1. The maximum atomic E-state index is 12.2. The lowest BCUT2D eigenvalue weighted by Gasteiger charge is -2.13. The zero-order valence-corrected chi connectivity index (χ0v) is 13.5. The van der Waals surface area contributed by atoms with Crippen LogP contribution in [0.1, 0.15) is 36.0 Å². The van der Waals surface area contributed by atoms with Gasteiger partial charge in [0.2, 0.25) is 5.91 Å². The minimum atomic E-state index is -1.03. The van der Waals surface area contributed by atoms with Crippen LogP contribution in [-0.4, -0.2) is 23.0 Å². The number of furan rings is 1. The summed E-state index contributed by atoms with van der Waals surface area (Å²) in [5, 5.41) is 12.7. The fourth-order valence-corrected chi connectivity index (χ4v) is 3.25. The van der Waals surface area contributed by atoms with Crippen molar-refractivity contribution in [2.45, 2.75) is 44.6 Å². The predicted molar refractivity (Wildman–Crippen MR) is 90.9 cm³/mol. The van der Waals surface area contributed by atoms with E-state index in [9.17, 15) is 14.7 Å². The molecule has 3 rings (SSSR count). The first-order valence-corrected chi connectivity index (χ1v) is 8.23. The Morgan fingerprint density at radius 2 is 2.08 bits per heavy atom. The number of hydrogen-bond donors (Lipinski definition) is 2. The number of carboxylic acid groups (broad SMARTS) is 1. The molecule has 0 saturated carbocycles. The summed E-state index contributed by atoms with van der Waals surface area (Å²) in [5.41, 5.74) is 4.23. The fourth-order valence-electron chi connectivity index (χ4n) is 3.25. The lowest BCUT2D eigenvalue weighted by atomic mass is 10.0. The van der Waals surface area contributed by atoms with E-state index in [0.717, 1.165) is 35.8 Å². The van der Waals surface area contributed by atoms with Gasteiger partial charge >= 0.3 is 5.97 Å². The number of carbonyl (C=O) groups excluding carboxylic acids is 1. The summed E-state index contributed by atoms with van der Waals surface area (Å²) in [7, 11) is 0. The first-order chi connectivity index (χ1) is 11.6. The van der Waals surface area contributed by atoms with Crippen LogP contribution in [0, 0.1) is 0 Å². The molecule has 1 aromatic carbocycles. The molecule has 1 atom stereocenters. The molecule has 0 radical (unpaired) electrons. The van der Waals surface area contributed by atoms with E-state index in [1.165, 1.54) is 11.1 Å². The minimum Gasteiger partial charge on any atom is -0.480 e. The van der Waals surface area contributed by atoms with Crippen molar-refractivity contribution in [3.8, 4) is 0 Å². The van der Waals surface area contributed by atoms with E-state index < -0.39 is 12.0 Å². The zero-order chi connectivity index (χ0) is 17.1. The Balaban J connectivity index is 1.73. The Kier molecular flexibility index (Phi) is 4.69. The predicted octanol–water partition coefficient (Wildman–Crippen LogP) is 3.00. The molecule has 1 heterocycles. The number of allylic oxidation sites excluding steroid dienone is 1. The van der Waals surface area contributed by atoms with Crippen molar-refractivity contribution >= 4 is 22.8 Å². The lowest BCUT2D eigenvalue weighted by molar-refractivity contribution is -0.141. The molecule has 1 amide bonds. The van der Waals surface area contributed by atoms with Gasteiger partial charge in [-0.15, -0.1) is 6.58 Å². The van der Waals surface area contributed by atoms with Crippen molar-refractivity contribution in [1.29, 1.82) is 0 Å². The highest BCUT2D eigenvalue weighted by Crippen LogP contribution is 2.30. The Morgan fingerprint density at radius 1 is 1.33 bits per heavy atom. The summed E-state index contributed by atoms with van der Waals surface area (Å²) in [6.07, 6.45) is 7.52. The van der Waals surface area contributed by atoms with Gasteiger partial charge in [-0.3, -0.25) is 4.79 Å². The van der Waals surface area contributed by atoms with Crippen LogP contribution < -0.4 is 5.32 Å². The number of aliphatic carboxylic acids is 1. The first kappa shape index (κ1) is 16.3. The molecular weight excluding hydrogens is 306 g/mol. The van der Waals surface area contributed by atoms with Crippen molar-refractivity contribution in [2.24, 2.45) is 0 Å². The Bertz CT molecular complexity index is 790. The molecule has 1 unspecified atom stereocenters. The molecule has 1 aliphatic rings. The van der Waals surface area contributed by atoms with E-state index in [0.29, 0.717) is 12.8 Å². The molecule has 5 nitrogen and oxygen atoms in total. The van der Waals surface area contributed by atoms with Gasteiger partial charge in [0.15, 0.2) is 0 Å². The molecule has 0 aliphatic heterocycles. The van der Waals surface area contributed by atoms with Crippen molar-refractivity contribution in [1.82, 2.24) is 5.32 Å². The van der Waals surface area contributed by atoms with E-state index in [1.54, 1.807) is 12.3 Å². The third-order valence-electron chi connectivity index (χ3n) is 4.51. The van der Waals surface area contributed by atoms with Gasteiger partial charge < -0.3 is 14.8 Å². The highest BCUT2D eigenvalue weighted by molar-refractivity contribution is 5.90. The zero-order valence-electron chi connectivity index (χ0n) is 13.5. The summed E-state index contributed by atoms with van der Waals surface area (Å²) in [6.45, 7) is 3.58. The molecule has 24 heavy (non-hydrogen) atoms. The maximum Gasteiger partial charge on any atom is 0.326 e. The summed E-state index contributed by atoms with van der Waals surface area (Å²) in [5.74, 6) is -1.34. The molecule has 126 valence electrons. The van der Waals surface area contributed by atoms with Crippen LogP contribution in [0.3, 0.4) is 0 Å². The van der Waals surface area contributed by atoms with Gasteiger partial charge in [0.05, 0.1) is 12.7 Å². The molecule has 0 saturated heterocycles. The fraction of sp³-hybridized carbons (Fsp3) is 0.368. The third-order valence-corrected chi connectivity index (χ3v) is 4.51. The Hall–Kier alpha value is -2.56. The average molecular weight is 327 g/mol.